The quantitative estimate of drug-likeness (QED) is 0.653. The number of alkyl halides is 1. The van der Waals surface area contributed by atoms with Gasteiger partial charge in [-0.15, -0.1) is 0 Å². The second-order valence-corrected chi connectivity index (χ2v) is 8.62. The van der Waals surface area contributed by atoms with E-state index in [2.05, 4.69) is 27.9 Å². The minimum Gasteiger partial charge on any atom is -0.356 e. The fourth-order valence-electron chi connectivity index (χ4n) is 4.89. The van der Waals surface area contributed by atoms with E-state index in [0.29, 0.717) is 11.8 Å². The molecule has 3 rings (SSSR count). The maximum Gasteiger partial charge on any atom is 0.225 e. The van der Waals surface area contributed by atoms with Crippen molar-refractivity contribution >= 4 is 11.9 Å². The molecule has 1 saturated carbocycles. The van der Waals surface area contributed by atoms with Gasteiger partial charge in [-0.1, -0.05) is 6.92 Å². The average molecular weight is 368 g/mol. The summed E-state index contributed by atoms with van der Waals surface area (Å²) in [7, 11) is 3.64. The van der Waals surface area contributed by atoms with Gasteiger partial charge in [0.2, 0.25) is 5.91 Å². The first-order valence-electron chi connectivity index (χ1n) is 10.0. The molecule has 0 spiro atoms. The van der Waals surface area contributed by atoms with Gasteiger partial charge < -0.3 is 15.5 Å². The number of amides is 1. The van der Waals surface area contributed by atoms with Gasteiger partial charge in [0, 0.05) is 45.6 Å². The molecule has 0 aromatic carbocycles. The van der Waals surface area contributed by atoms with Crippen molar-refractivity contribution in [3.8, 4) is 0 Å². The van der Waals surface area contributed by atoms with Gasteiger partial charge in [-0.05, 0) is 43.4 Å². The molecule has 0 aromatic rings. The number of carbonyl (C=O) groups is 1. The zero-order valence-electron chi connectivity index (χ0n) is 16.3. The highest BCUT2D eigenvalue weighted by Crippen LogP contribution is 2.42. The van der Waals surface area contributed by atoms with Crippen LogP contribution in [0.3, 0.4) is 0 Å². The van der Waals surface area contributed by atoms with Gasteiger partial charge in [-0.25, -0.2) is 4.39 Å². The predicted octanol–water partition coefficient (Wildman–Crippen LogP) is 1.20. The molecular weight excluding hydrogens is 333 g/mol. The summed E-state index contributed by atoms with van der Waals surface area (Å²) in [6, 6.07) is 0. The number of nitrogens with zero attached hydrogens (tertiary/aromatic N) is 2. The maximum absolute atomic E-state index is 14.6. The van der Waals surface area contributed by atoms with Gasteiger partial charge in [-0.3, -0.25) is 15.1 Å². The fraction of sp³-hybridized carbons (Fsp3) is 0.895. The highest BCUT2D eigenvalue weighted by molar-refractivity contribution is 5.81. The van der Waals surface area contributed by atoms with E-state index >= 15 is 0 Å². The molecular formula is C19H34FN5O. The molecule has 3 N–H and O–H groups in total. The standard InChI is InChI=1S/C19H34FN5O/c1-12-6-16(17(20)23-10-12)14-7-13(11-24-19-21-4-5-22-19)8-15(9-14)18(26)25(2)3/h12-17,23H,4-11H2,1-3H3,(H2,21,22,24). The molecule has 1 saturated heterocycles. The van der Waals surface area contributed by atoms with Crippen molar-refractivity contribution < 1.29 is 9.18 Å². The van der Waals surface area contributed by atoms with Crippen LogP contribution in [0.5, 0.6) is 0 Å². The molecule has 148 valence electrons. The van der Waals surface area contributed by atoms with Crippen LogP contribution in [-0.4, -0.2) is 63.3 Å². The third kappa shape index (κ3) is 4.67. The van der Waals surface area contributed by atoms with Crippen LogP contribution in [0.1, 0.15) is 32.6 Å². The van der Waals surface area contributed by atoms with Crippen LogP contribution in [0.2, 0.25) is 0 Å². The summed E-state index contributed by atoms with van der Waals surface area (Å²) in [4.78, 5) is 18.7. The normalized spacial score (nSPS) is 37.6. The Morgan fingerprint density at radius 2 is 2.12 bits per heavy atom. The number of aliphatic imine (C=N–C) groups is 1. The van der Waals surface area contributed by atoms with Crippen molar-refractivity contribution in [1.29, 1.82) is 0 Å². The zero-order valence-corrected chi connectivity index (χ0v) is 16.3. The zero-order chi connectivity index (χ0) is 18.7. The van der Waals surface area contributed by atoms with Crippen LogP contribution >= 0.6 is 0 Å². The summed E-state index contributed by atoms with van der Waals surface area (Å²) in [5.41, 5.74) is 0. The lowest BCUT2D eigenvalue weighted by molar-refractivity contribution is -0.136. The Hall–Kier alpha value is -1.37. The molecule has 6 unspecified atom stereocenters. The summed E-state index contributed by atoms with van der Waals surface area (Å²) in [5, 5.41) is 9.65. The lowest BCUT2D eigenvalue weighted by atomic mass is 9.67. The van der Waals surface area contributed by atoms with E-state index in [1.807, 2.05) is 14.1 Å². The van der Waals surface area contributed by atoms with Gasteiger partial charge in [0.25, 0.3) is 0 Å². The summed E-state index contributed by atoms with van der Waals surface area (Å²) < 4.78 is 14.6. The summed E-state index contributed by atoms with van der Waals surface area (Å²) in [5.74, 6) is 2.18. The van der Waals surface area contributed by atoms with Crippen LogP contribution < -0.4 is 16.0 Å². The third-order valence-corrected chi connectivity index (χ3v) is 6.18. The van der Waals surface area contributed by atoms with Crippen LogP contribution in [-0.2, 0) is 4.79 Å². The molecule has 0 radical (unpaired) electrons. The highest BCUT2D eigenvalue weighted by atomic mass is 19.1. The molecule has 6 atom stereocenters. The average Bonchev–Trinajstić information content (AvgIpc) is 3.14. The maximum atomic E-state index is 14.6. The predicted molar refractivity (Wildman–Crippen MR) is 101 cm³/mol. The van der Waals surface area contributed by atoms with Crippen molar-refractivity contribution in [1.82, 2.24) is 20.9 Å². The Morgan fingerprint density at radius 1 is 1.31 bits per heavy atom. The van der Waals surface area contributed by atoms with Crippen LogP contribution in [0.4, 0.5) is 4.39 Å². The molecule has 0 bridgehead atoms. The number of piperidine rings is 1. The molecule has 0 aromatic heterocycles. The molecule has 2 heterocycles. The largest absolute Gasteiger partial charge is 0.356 e. The third-order valence-electron chi connectivity index (χ3n) is 6.18. The smallest absolute Gasteiger partial charge is 0.225 e. The molecule has 26 heavy (non-hydrogen) atoms. The van der Waals surface area contributed by atoms with Crippen molar-refractivity contribution in [3.63, 3.8) is 0 Å². The minimum atomic E-state index is -0.945. The molecule has 1 aliphatic carbocycles. The first kappa shape index (κ1) is 19.4. The second-order valence-electron chi connectivity index (χ2n) is 8.62. The van der Waals surface area contributed by atoms with E-state index in [-0.39, 0.29) is 23.7 Å². The van der Waals surface area contributed by atoms with E-state index in [1.54, 1.807) is 4.90 Å². The Kier molecular flexibility index (Phi) is 6.37. The summed E-state index contributed by atoms with van der Waals surface area (Å²) in [6.07, 6.45) is 2.64. The molecule has 7 heteroatoms. The Balaban J connectivity index is 1.67. The second kappa shape index (κ2) is 8.55. The Bertz CT molecular complexity index is 526. The fourth-order valence-corrected chi connectivity index (χ4v) is 4.89. The van der Waals surface area contributed by atoms with Gasteiger partial charge in [0.1, 0.15) is 0 Å². The lowest BCUT2D eigenvalue weighted by Gasteiger charge is -2.43. The first-order valence-corrected chi connectivity index (χ1v) is 10.0. The van der Waals surface area contributed by atoms with Gasteiger partial charge in [0.05, 0.1) is 6.54 Å². The SMILES string of the molecule is CC1CNC(F)C(C2CC(CNC3=NCCN3)CC(C(=O)N(C)C)C2)C1. The number of hydrogen-bond acceptors (Lipinski definition) is 5. The van der Waals surface area contributed by atoms with E-state index in [1.165, 1.54) is 0 Å². The van der Waals surface area contributed by atoms with E-state index in [9.17, 15) is 9.18 Å². The molecule has 1 amide bonds. The number of guanidine groups is 1. The molecule has 2 aliphatic heterocycles. The number of hydrogen-bond donors (Lipinski definition) is 3. The molecule has 2 fully saturated rings. The van der Waals surface area contributed by atoms with Gasteiger partial charge >= 0.3 is 0 Å². The number of carbonyl (C=O) groups excluding carboxylic acids is 1. The topological polar surface area (TPSA) is 68.8 Å². The van der Waals surface area contributed by atoms with Gasteiger partial charge in [0.15, 0.2) is 12.3 Å². The van der Waals surface area contributed by atoms with E-state index in [4.69, 9.17) is 0 Å². The van der Waals surface area contributed by atoms with Crippen molar-refractivity contribution in [2.45, 2.75) is 38.9 Å². The number of rotatable bonds is 4. The lowest BCUT2D eigenvalue weighted by Crippen LogP contribution is -2.48. The Labute approximate surface area is 156 Å². The van der Waals surface area contributed by atoms with Crippen molar-refractivity contribution in [2.24, 2.45) is 34.6 Å². The van der Waals surface area contributed by atoms with Crippen molar-refractivity contribution in [3.05, 3.63) is 0 Å². The van der Waals surface area contributed by atoms with Crippen LogP contribution in [0.15, 0.2) is 4.99 Å². The van der Waals surface area contributed by atoms with Crippen LogP contribution in [0, 0.1) is 29.6 Å². The van der Waals surface area contributed by atoms with Crippen LogP contribution in [0.25, 0.3) is 0 Å². The Morgan fingerprint density at radius 3 is 2.81 bits per heavy atom. The first-order chi connectivity index (χ1) is 12.4. The van der Waals surface area contributed by atoms with E-state index in [0.717, 1.165) is 57.8 Å². The summed E-state index contributed by atoms with van der Waals surface area (Å²) >= 11 is 0. The van der Waals surface area contributed by atoms with Crippen molar-refractivity contribution in [2.75, 3.05) is 40.3 Å². The van der Waals surface area contributed by atoms with E-state index < -0.39 is 6.30 Å². The molecule has 6 nitrogen and oxygen atoms in total. The minimum absolute atomic E-state index is 0.00143. The number of halogens is 1. The van der Waals surface area contributed by atoms with Gasteiger partial charge in [-0.2, -0.15) is 0 Å². The summed E-state index contributed by atoms with van der Waals surface area (Å²) in [6.45, 7) is 5.42. The monoisotopic (exact) mass is 367 g/mol. The highest BCUT2D eigenvalue weighted by Gasteiger charge is 2.41. The molecule has 3 aliphatic rings. The number of nitrogens with one attached hydrogen (secondary N) is 3.